The minimum Gasteiger partial charge on any atom is -0.396 e. The number of aliphatic hydroxyl groups is 1. The monoisotopic (exact) mass is 303 g/mol. The summed E-state index contributed by atoms with van der Waals surface area (Å²) < 4.78 is 2.00. The highest BCUT2D eigenvalue weighted by Gasteiger charge is 2.26. The number of amides is 1. The first kappa shape index (κ1) is 16.5. The summed E-state index contributed by atoms with van der Waals surface area (Å²) in [7, 11) is 1.96. The van der Waals surface area contributed by atoms with Gasteiger partial charge in [-0.1, -0.05) is 13.8 Å². The number of benzene rings is 1. The Kier molecular flexibility index (Phi) is 4.86. The van der Waals surface area contributed by atoms with Gasteiger partial charge in [0.2, 0.25) is 0 Å². The van der Waals surface area contributed by atoms with Gasteiger partial charge in [-0.2, -0.15) is 0 Å². The van der Waals surface area contributed by atoms with Gasteiger partial charge < -0.3 is 15.0 Å². The molecule has 1 heterocycles. The Labute approximate surface area is 131 Å². The molecule has 1 amide bonds. The molecule has 0 aliphatic carbocycles. The Morgan fingerprint density at radius 2 is 2.05 bits per heavy atom. The zero-order chi connectivity index (χ0) is 16.3. The molecule has 0 atom stereocenters. The van der Waals surface area contributed by atoms with Crippen molar-refractivity contribution in [1.29, 1.82) is 0 Å². The zero-order valence-corrected chi connectivity index (χ0v) is 13.8. The van der Waals surface area contributed by atoms with E-state index in [4.69, 9.17) is 0 Å². The van der Waals surface area contributed by atoms with Gasteiger partial charge in [0.1, 0.15) is 5.82 Å². The number of aromatic nitrogens is 2. The molecule has 0 spiro atoms. The van der Waals surface area contributed by atoms with Gasteiger partial charge >= 0.3 is 0 Å². The topological polar surface area (TPSA) is 67.2 Å². The van der Waals surface area contributed by atoms with E-state index in [0.29, 0.717) is 12.1 Å². The molecule has 2 N–H and O–H groups in total. The minimum absolute atomic E-state index is 0.0821. The van der Waals surface area contributed by atoms with Crippen LogP contribution in [-0.4, -0.2) is 33.7 Å². The van der Waals surface area contributed by atoms with Crippen LogP contribution in [0.15, 0.2) is 18.2 Å². The van der Waals surface area contributed by atoms with Crippen molar-refractivity contribution in [2.45, 2.75) is 33.6 Å². The van der Waals surface area contributed by atoms with Crippen molar-refractivity contribution in [3.8, 4) is 0 Å². The molecule has 1 aromatic heterocycles. The molecule has 0 bridgehead atoms. The fourth-order valence-electron chi connectivity index (χ4n) is 2.61. The molecular formula is C17H25N3O2. The molecule has 22 heavy (non-hydrogen) atoms. The van der Waals surface area contributed by atoms with Crippen molar-refractivity contribution in [3.63, 3.8) is 0 Å². The van der Waals surface area contributed by atoms with Gasteiger partial charge in [-0.15, -0.1) is 0 Å². The maximum Gasteiger partial charge on any atom is 0.251 e. The maximum atomic E-state index is 12.3. The number of aliphatic hydroxyl groups excluding tert-OH is 1. The highest BCUT2D eigenvalue weighted by atomic mass is 16.3. The molecule has 0 aliphatic rings. The van der Waals surface area contributed by atoms with Crippen LogP contribution in [0.25, 0.3) is 11.0 Å². The highest BCUT2D eigenvalue weighted by molar-refractivity contribution is 5.97. The normalized spacial score (nSPS) is 11.9. The Morgan fingerprint density at radius 3 is 2.64 bits per heavy atom. The first-order chi connectivity index (χ1) is 10.5. The zero-order valence-electron chi connectivity index (χ0n) is 13.8. The first-order valence-electron chi connectivity index (χ1n) is 7.78. The number of hydrogen-bond acceptors (Lipinski definition) is 3. The third-order valence-electron chi connectivity index (χ3n) is 4.83. The van der Waals surface area contributed by atoms with Crippen LogP contribution in [0.3, 0.4) is 0 Å². The van der Waals surface area contributed by atoms with E-state index in [2.05, 4.69) is 10.3 Å². The number of nitrogens with zero attached hydrogens (tertiary/aromatic N) is 2. The van der Waals surface area contributed by atoms with E-state index in [1.54, 1.807) is 0 Å². The second-order valence-corrected chi connectivity index (χ2v) is 5.97. The van der Waals surface area contributed by atoms with E-state index >= 15 is 0 Å². The van der Waals surface area contributed by atoms with Crippen LogP contribution in [0.1, 0.15) is 42.9 Å². The van der Waals surface area contributed by atoms with E-state index in [0.717, 1.165) is 29.7 Å². The van der Waals surface area contributed by atoms with Gasteiger partial charge in [-0.05, 0) is 38.0 Å². The number of hydrogen-bond donors (Lipinski definition) is 2. The summed E-state index contributed by atoms with van der Waals surface area (Å²) in [4.78, 5) is 16.8. The lowest BCUT2D eigenvalue weighted by atomic mass is 9.83. The predicted molar refractivity (Wildman–Crippen MR) is 87.9 cm³/mol. The highest BCUT2D eigenvalue weighted by Crippen LogP contribution is 2.24. The molecule has 0 fully saturated rings. The SMILES string of the molecule is CCC(CC)(CO)CNC(=O)c1ccc2c(c1)nc(C)n2C. The lowest BCUT2D eigenvalue weighted by molar-refractivity contribution is 0.0851. The number of nitrogens with one attached hydrogen (secondary N) is 1. The number of imidazole rings is 1. The lowest BCUT2D eigenvalue weighted by Gasteiger charge is -2.29. The van der Waals surface area contributed by atoms with Gasteiger partial charge in [-0.3, -0.25) is 4.79 Å². The smallest absolute Gasteiger partial charge is 0.251 e. The van der Waals surface area contributed by atoms with Crippen LogP contribution in [0.5, 0.6) is 0 Å². The summed E-state index contributed by atoms with van der Waals surface area (Å²) in [5.41, 5.74) is 2.21. The lowest BCUT2D eigenvalue weighted by Crippen LogP contribution is -2.39. The third-order valence-corrected chi connectivity index (χ3v) is 4.83. The summed E-state index contributed by atoms with van der Waals surface area (Å²) in [6.07, 6.45) is 1.66. The van der Waals surface area contributed by atoms with Crippen LogP contribution in [0, 0.1) is 12.3 Å². The standard InChI is InChI=1S/C17H25N3O2/c1-5-17(6-2,11-21)10-18-16(22)13-7-8-15-14(9-13)19-12(3)20(15)4/h7-9,21H,5-6,10-11H2,1-4H3,(H,18,22). The van der Waals surface area contributed by atoms with E-state index in [1.165, 1.54) is 0 Å². The third kappa shape index (κ3) is 2.99. The van der Waals surface area contributed by atoms with Crippen LogP contribution in [0.2, 0.25) is 0 Å². The molecule has 2 rings (SSSR count). The van der Waals surface area contributed by atoms with Crippen molar-refractivity contribution < 1.29 is 9.90 Å². The number of rotatable bonds is 6. The molecule has 0 saturated heterocycles. The summed E-state index contributed by atoms with van der Waals surface area (Å²) in [5, 5.41) is 12.5. The van der Waals surface area contributed by atoms with Gasteiger partial charge in [0.25, 0.3) is 5.91 Å². The first-order valence-corrected chi connectivity index (χ1v) is 7.78. The number of carbonyl (C=O) groups is 1. The average molecular weight is 303 g/mol. The van der Waals surface area contributed by atoms with Gasteiger partial charge in [-0.25, -0.2) is 4.98 Å². The average Bonchev–Trinajstić information content (AvgIpc) is 2.83. The fourth-order valence-corrected chi connectivity index (χ4v) is 2.61. The Hall–Kier alpha value is -1.88. The molecule has 5 heteroatoms. The quantitative estimate of drug-likeness (QED) is 0.861. The van der Waals surface area contributed by atoms with E-state index in [9.17, 15) is 9.90 Å². The number of fused-ring (bicyclic) bond motifs is 1. The molecule has 2 aromatic rings. The van der Waals surface area contributed by atoms with Crippen LogP contribution in [0.4, 0.5) is 0 Å². The largest absolute Gasteiger partial charge is 0.396 e. The molecule has 0 saturated carbocycles. The minimum atomic E-state index is -0.235. The van der Waals surface area contributed by atoms with Gasteiger partial charge in [0.15, 0.2) is 0 Å². The second-order valence-electron chi connectivity index (χ2n) is 5.97. The molecule has 0 aliphatic heterocycles. The Morgan fingerprint density at radius 1 is 1.36 bits per heavy atom. The van der Waals surface area contributed by atoms with Crippen molar-refractivity contribution in [3.05, 3.63) is 29.6 Å². The van der Waals surface area contributed by atoms with Crippen LogP contribution >= 0.6 is 0 Å². The summed E-state index contributed by atoms with van der Waals surface area (Å²) >= 11 is 0. The molecule has 120 valence electrons. The summed E-state index contributed by atoms with van der Waals surface area (Å²) in [5.74, 6) is 0.800. The van der Waals surface area contributed by atoms with Crippen LogP contribution < -0.4 is 5.32 Å². The molecular weight excluding hydrogens is 278 g/mol. The van der Waals surface area contributed by atoms with Crippen molar-refractivity contribution >= 4 is 16.9 Å². The number of aryl methyl sites for hydroxylation is 2. The van der Waals surface area contributed by atoms with Gasteiger partial charge in [0, 0.05) is 24.6 Å². The maximum absolute atomic E-state index is 12.3. The fraction of sp³-hybridized carbons (Fsp3) is 0.529. The number of carbonyl (C=O) groups excluding carboxylic acids is 1. The van der Waals surface area contributed by atoms with Crippen molar-refractivity contribution in [2.75, 3.05) is 13.2 Å². The molecule has 0 radical (unpaired) electrons. The molecule has 5 nitrogen and oxygen atoms in total. The van der Waals surface area contributed by atoms with E-state index in [1.807, 2.05) is 50.6 Å². The predicted octanol–water partition coefficient (Wildman–Crippen LogP) is 2.41. The Bertz CT molecular complexity index is 664. The second kappa shape index (κ2) is 6.48. The Balaban J connectivity index is 2.16. The molecule has 0 unspecified atom stereocenters. The summed E-state index contributed by atoms with van der Waals surface area (Å²) in [6, 6.07) is 5.55. The van der Waals surface area contributed by atoms with Crippen molar-refractivity contribution in [1.82, 2.24) is 14.9 Å². The van der Waals surface area contributed by atoms with E-state index in [-0.39, 0.29) is 17.9 Å². The van der Waals surface area contributed by atoms with Gasteiger partial charge in [0.05, 0.1) is 17.6 Å². The van der Waals surface area contributed by atoms with E-state index < -0.39 is 0 Å². The van der Waals surface area contributed by atoms with Crippen molar-refractivity contribution in [2.24, 2.45) is 12.5 Å². The van der Waals surface area contributed by atoms with Crippen LogP contribution in [-0.2, 0) is 7.05 Å². The summed E-state index contributed by atoms with van der Waals surface area (Å²) in [6.45, 7) is 6.58. The molecule has 1 aromatic carbocycles.